The first kappa shape index (κ1) is 24.9. The minimum atomic E-state index is -3.82. The van der Waals surface area contributed by atoms with Crippen LogP contribution in [-0.4, -0.2) is 26.8 Å². The molecule has 0 aromatic heterocycles. The fourth-order valence-electron chi connectivity index (χ4n) is 3.06. The van der Waals surface area contributed by atoms with Crippen molar-refractivity contribution in [2.24, 2.45) is 0 Å². The summed E-state index contributed by atoms with van der Waals surface area (Å²) in [6, 6.07) is 22.3. The monoisotopic (exact) mass is 481 g/mol. The van der Waals surface area contributed by atoms with Crippen molar-refractivity contribution in [2.75, 3.05) is 6.61 Å². The SMILES string of the molecule is Cc1ccccc1OCCCC(=O)NNC(=O)c1cccc(S(=O)(=O)NCc2ccccc2)c1. The van der Waals surface area contributed by atoms with E-state index in [0.29, 0.717) is 13.0 Å². The van der Waals surface area contributed by atoms with Gasteiger partial charge in [-0.25, -0.2) is 13.1 Å². The lowest BCUT2D eigenvalue weighted by Gasteiger charge is -2.11. The summed E-state index contributed by atoms with van der Waals surface area (Å²) in [5.41, 5.74) is 6.57. The lowest BCUT2D eigenvalue weighted by Crippen LogP contribution is -2.41. The second kappa shape index (κ2) is 12.0. The largest absolute Gasteiger partial charge is 0.493 e. The van der Waals surface area contributed by atoms with Crippen LogP contribution >= 0.6 is 0 Å². The third kappa shape index (κ3) is 7.43. The van der Waals surface area contributed by atoms with Gasteiger partial charge < -0.3 is 4.74 Å². The summed E-state index contributed by atoms with van der Waals surface area (Å²) in [6.07, 6.45) is 0.626. The average molecular weight is 482 g/mol. The first-order valence-corrected chi connectivity index (χ1v) is 12.2. The minimum absolute atomic E-state index is 0.0456. The molecule has 0 aliphatic rings. The van der Waals surface area contributed by atoms with Crippen molar-refractivity contribution < 1.29 is 22.7 Å². The Labute approximate surface area is 199 Å². The molecule has 3 aromatic carbocycles. The maximum atomic E-state index is 12.6. The number of carbonyl (C=O) groups excluding carboxylic acids is 2. The molecule has 0 radical (unpaired) electrons. The maximum Gasteiger partial charge on any atom is 0.269 e. The van der Waals surface area contributed by atoms with Crippen LogP contribution in [0.3, 0.4) is 0 Å². The van der Waals surface area contributed by atoms with E-state index in [1.165, 1.54) is 24.3 Å². The first-order chi connectivity index (χ1) is 16.3. The second-order valence-corrected chi connectivity index (χ2v) is 9.32. The molecule has 0 fully saturated rings. The highest BCUT2D eigenvalue weighted by molar-refractivity contribution is 7.89. The minimum Gasteiger partial charge on any atom is -0.493 e. The number of hydrogen-bond acceptors (Lipinski definition) is 5. The van der Waals surface area contributed by atoms with Gasteiger partial charge in [-0.2, -0.15) is 0 Å². The van der Waals surface area contributed by atoms with Gasteiger partial charge in [0, 0.05) is 18.5 Å². The molecule has 3 rings (SSSR count). The van der Waals surface area contributed by atoms with Crippen LogP contribution in [0.4, 0.5) is 0 Å². The second-order valence-electron chi connectivity index (χ2n) is 7.56. The number of aryl methyl sites for hydroxylation is 1. The molecule has 0 saturated carbocycles. The van der Waals surface area contributed by atoms with Gasteiger partial charge in [-0.15, -0.1) is 0 Å². The predicted molar refractivity (Wildman–Crippen MR) is 128 cm³/mol. The van der Waals surface area contributed by atoms with Gasteiger partial charge in [-0.05, 0) is 48.7 Å². The summed E-state index contributed by atoms with van der Waals surface area (Å²) in [5, 5.41) is 0. The Hall–Kier alpha value is -3.69. The summed E-state index contributed by atoms with van der Waals surface area (Å²) < 4.78 is 33.3. The Morgan fingerprint density at radius 1 is 0.882 bits per heavy atom. The predicted octanol–water partition coefficient (Wildman–Crippen LogP) is 3.09. The van der Waals surface area contributed by atoms with Crippen molar-refractivity contribution in [2.45, 2.75) is 31.2 Å². The Kier molecular flexibility index (Phi) is 8.78. The fraction of sp³-hybridized carbons (Fsp3) is 0.200. The number of carbonyl (C=O) groups is 2. The highest BCUT2D eigenvalue weighted by Crippen LogP contribution is 2.16. The molecule has 0 atom stereocenters. The van der Waals surface area contributed by atoms with Crippen molar-refractivity contribution in [1.82, 2.24) is 15.6 Å². The van der Waals surface area contributed by atoms with Gasteiger partial charge in [-0.3, -0.25) is 20.4 Å². The molecule has 3 N–H and O–H groups in total. The fourth-order valence-corrected chi connectivity index (χ4v) is 4.12. The number of benzene rings is 3. The molecular formula is C25H27N3O5S. The zero-order valence-electron chi connectivity index (χ0n) is 18.8. The smallest absolute Gasteiger partial charge is 0.269 e. The number of hydrogen-bond donors (Lipinski definition) is 3. The molecule has 178 valence electrons. The molecule has 0 aliphatic carbocycles. The van der Waals surface area contributed by atoms with E-state index in [0.717, 1.165) is 16.9 Å². The molecule has 0 spiro atoms. The molecule has 8 nitrogen and oxygen atoms in total. The number of para-hydroxylation sites is 1. The third-order valence-corrected chi connectivity index (χ3v) is 6.33. The van der Waals surface area contributed by atoms with E-state index in [-0.39, 0.29) is 29.3 Å². The Morgan fingerprint density at radius 3 is 2.38 bits per heavy atom. The van der Waals surface area contributed by atoms with E-state index in [2.05, 4.69) is 15.6 Å². The van der Waals surface area contributed by atoms with Gasteiger partial charge >= 0.3 is 0 Å². The van der Waals surface area contributed by atoms with E-state index in [1.807, 2.05) is 61.5 Å². The Bertz CT molecular complexity index is 1230. The van der Waals surface area contributed by atoms with Gasteiger partial charge in [0.25, 0.3) is 5.91 Å². The van der Waals surface area contributed by atoms with Crippen molar-refractivity contribution in [3.05, 3.63) is 95.6 Å². The van der Waals surface area contributed by atoms with Gasteiger partial charge in [0.15, 0.2) is 0 Å². The average Bonchev–Trinajstić information content (AvgIpc) is 2.85. The van der Waals surface area contributed by atoms with Gasteiger partial charge in [-0.1, -0.05) is 54.6 Å². The normalized spacial score (nSPS) is 11.0. The van der Waals surface area contributed by atoms with Crippen LogP contribution in [0.5, 0.6) is 5.75 Å². The lowest BCUT2D eigenvalue weighted by atomic mass is 10.2. The third-order valence-electron chi connectivity index (χ3n) is 4.93. The van der Waals surface area contributed by atoms with Crippen molar-refractivity contribution in [3.63, 3.8) is 0 Å². The molecule has 34 heavy (non-hydrogen) atoms. The quantitative estimate of drug-likeness (QED) is 0.304. The van der Waals surface area contributed by atoms with Crippen molar-refractivity contribution >= 4 is 21.8 Å². The van der Waals surface area contributed by atoms with E-state index < -0.39 is 15.9 Å². The number of amides is 2. The topological polar surface area (TPSA) is 114 Å². The molecule has 0 bridgehead atoms. The zero-order valence-corrected chi connectivity index (χ0v) is 19.6. The van der Waals surface area contributed by atoms with Crippen LogP contribution in [0.15, 0.2) is 83.8 Å². The highest BCUT2D eigenvalue weighted by Gasteiger charge is 2.16. The Balaban J connectivity index is 1.46. The van der Waals surface area contributed by atoms with Crippen LogP contribution in [0.2, 0.25) is 0 Å². The van der Waals surface area contributed by atoms with E-state index >= 15 is 0 Å². The van der Waals surface area contributed by atoms with E-state index in [1.54, 1.807) is 0 Å². The number of rotatable bonds is 10. The highest BCUT2D eigenvalue weighted by atomic mass is 32.2. The number of nitrogens with one attached hydrogen (secondary N) is 3. The van der Waals surface area contributed by atoms with Gasteiger partial charge in [0.1, 0.15) is 5.75 Å². The van der Waals surface area contributed by atoms with Crippen LogP contribution in [0, 0.1) is 6.92 Å². The molecule has 9 heteroatoms. The Morgan fingerprint density at radius 2 is 1.62 bits per heavy atom. The number of ether oxygens (including phenoxy) is 1. The van der Waals surface area contributed by atoms with Crippen molar-refractivity contribution in [3.8, 4) is 5.75 Å². The molecule has 0 heterocycles. The molecule has 3 aromatic rings. The van der Waals surface area contributed by atoms with E-state index in [4.69, 9.17) is 4.74 Å². The summed E-state index contributed by atoms with van der Waals surface area (Å²) in [7, 11) is -3.82. The molecule has 0 saturated heterocycles. The summed E-state index contributed by atoms with van der Waals surface area (Å²) in [4.78, 5) is 24.4. The number of sulfonamides is 1. The van der Waals surface area contributed by atoms with Crippen LogP contribution in [0.25, 0.3) is 0 Å². The summed E-state index contributed by atoms with van der Waals surface area (Å²) in [5.74, 6) is -0.232. The first-order valence-electron chi connectivity index (χ1n) is 10.8. The van der Waals surface area contributed by atoms with Crippen molar-refractivity contribution in [1.29, 1.82) is 0 Å². The lowest BCUT2D eigenvalue weighted by molar-refractivity contribution is -0.122. The van der Waals surface area contributed by atoms with Crippen LogP contribution < -0.4 is 20.3 Å². The molecule has 0 unspecified atom stereocenters. The molecule has 0 aliphatic heterocycles. The number of hydrazine groups is 1. The summed E-state index contributed by atoms with van der Waals surface area (Å²) in [6.45, 7) is 2.43. The maximum absolute atomic E-state index is 12.6. The van der Waals surface area contributed by atoms with Crippen LogP contribution in [0.1, 0.15) is 34.3 Å². The van der Waals surface area contributed by atoms with E-state index in [9.17, 15) is 18.0 Å². The van der Waals surface area contributed by atoms with Gasteiger partial charge in [0.2, 0.25) is 15.9 Å². The zero-order chi connectivity index (χ0) is 24.4. The molecule has 2 amide bonds. The standard InChI is InChI=1S/C25H27N3O5S/c1-19-9-5-6-14-23(19)33-16-8-15-24(29)27-28-25(30)21-12-7-13-22(17-21)34(31,32)26-18-20-10-3-2-4-11-20/h2-7,9-14,17,26H,8,15-16,18H2,1H3,(H,27,29)(H,28,30). The molecular weight excluding hydrogens is 454 g/mol. The summed E-state index contributed by atoms with van der Waals surface area (Å²) >= 11 is 0. The van der Waals surface area contributed by atoms with Gasteiger partial charge in [0.05, 0.1) is 11.5 Å². The van der Waals surface area contributed by atoms with Crippen LogP contribution in [-0.2, 0) is 21.4 Å².